The van der Waals surface area contributed by atoms with E-state index in [-0.39, 0.29) is 18.0 Å². The summed E-state index contributed by atoms with van der Waals surface area (Å²) in [4.78, 5) is 2.10. The Balaban J connectivity index is 1.96. The maximum absolute atomic E-state index is 14.0. The topological polar surface area (TPSA) is 69.0 Å². The van der Waals surface area contributed by atoms with Crippen LogP contribution in [0.1, 0.15) is 39.0 Å². The minimum Gasteiger partial charge on any atom is -0.438 e. The Labute approximate surface area is 213 Å². The van der Waals surface area contributed by atoms with Gasteiger partial charge in [0.1, 0.15) is 11.6 Å². The van der Waals surface area contributed by atoms with E-state index in [4.69, 9.17) is 19.3 Å². The van der Waals surface area contributed by atoms with E-state index < -0.39 is 6.10 Å². The Morgan fingerprint density at radius 3 is 2.50 bits per heavy atom. The molecule has 0 aliphatic carbocycles. The number of hydrogen-bond acceptors (Lipinski definition) is 6. The van der Waals surface area contributed by atoms with Crippen molar-refractivity contribution in [2.24, 2.45) is 0 Å². The number of aromatic nitrogens is 2. The smallest absolute Gasteiger partial charge is 0.227 e. The van der Waals surface area contributed by atoms with Crippen LogP contribution in [0, 0.1) is 5.82 Å². The SMILES string of the molecule is CCc1nn(-c2ccccc2)c(Oc2cccc(F)c2)c1CN(CCOC)CC(O)COC(C)(C)C. The van der Waals surface area contributed by atoms with Gasteiger partial charge in [0.15, 0.2) is 0 Å². The van der Waals surface area contributed by atoms with E-state index in [0.29, 0.717) is 44.3 Å². The molecule has 1 N–H and O–H groups in total. The quantitative estimate of drug-likeness (QED) is 0.357. The maximum atomic E-state index is 14.0. The van der Waals surface area contributed by atoms with E-state index in [9.17, 15) is 9.50 Å². The fourth-order valence-corrected chi connectivity index (χ4v) is 3.79. The molecule has 0 bridgehead atoms. The number of aliphatic hydroxyl groups is 1. The summed E-state index contributed by atoms with van der Waals surface area (Å²) in [6, 6.07) is 15.8. The van der Waals surface area contributed by atoms with Crippen LogP contribution in [0.2, 0.25) is 0 Å². The van der Waals surface area contributed by atoms with Crippen LogP contribution in [-0.4, -0.2) is 64.9 Å². The molecule has 1 aromatic heterocycles. The zero-order valence-electron chi connectivity index (χ0n) is 21.9. The number of halogens is 1. The minimum atomic E-state index is -0.678. The first-order chi connectivity index (χ1) is 17.2. The van der Waals surface area contributed by atoms with Crippen LogP contribution < -0.4 is 4.74 Å². The van der Waals surface area contributed by atoms with Gasteiger partial charge in [-0.1, -0.05) is 31.2 Å². The zero-order chi connectivity index (χ0) is 26.1. The Hall–Kier alpha value is -2.78. The average Bonchev–Trinajstić information content (AvgIpc) is 3.18. The molecular weight excluding hydrogens is 461 g/mol. The summed E-state index contributed by atoms with van der Waals surface area (Å²) < 4.78 is 33.1. The highest BCUT2D eigenvalue weighted by Crippen LogP contribution is 2.32. The highest BCUT2D eigenvalue weighted by atomic mass is 19.1. The van der Waals surface area contributed by atoms with Crippen molar-refractivity contribution in [2.75, 3.05) is 33.4 Å². The van der Waals surface area contributed by atoms with Gasteiger partial charge in [-0.15, -0.1) is 0 Å². The highest BCUT2D eigenvalue weighted by molar-refractivity contribution is 5.43. The predicted octanol–water partition coefficient (Wildman–Crippen LogP) is 4.99. The van der Waals surface area contributed by atoms with Crippen molar-refractivity contribution in [3.05, 3.63) is 71.7 Å². The van der Waals surface area contributed by atoms with Gasteiger partial charge in [-0.3, -0.25) is 4.90 Å². The van der Waals surface area contributed by atoms with Crippen molar-refractivity contribution in [1.29, 1.82) is 0 Å². The number of para-hydroxylation sites is 1. The largest absolute Gasteiger partial charge is 0.438 e. The molecule has 0 aliphatic heterocycles. The minimum absolute atomic E-state index is 0.226. The van der Waals surface area contributed by atoms with Crippen molar-refractivity contribution < 1.29 is 23.7 Å². The van der Waals surface area contributed by atoms with Crippen LogP contribution in [0.25, 0.3) is 5.69 Å². The number of rotatable bonds is 13. The number of ether oxygens (including phenoxy) is 3. The summed E-state index contributed by atoms with van der Waals surface area (Å²) in [7, 11) is 1.65. The van der Waals surface area contributed by atoms with Crippen LogP contribution in [0.5, 0.6) is 11.6 Å². The molecule has 0 fully saturated rings. The van der Waals surface area contributed by atoms with Gasteiger partial charge in [0, 0.05) is 32.8 Å². The highest BCUT2D eigenvalue weighted by Gasteiger charge is 2.24. The monoisotopic (exact) mass is 499 g/mol. The lowest BCUT2D eigenvalue weighted by Crippen LogP contribution is -2.38. The molecule has 0 amide bonds. The van der Waals surface area contributed by atoms with Crippen molar-refractivity contribution >= 4 is 0 Å². The fraction of sp³-hybridized carbons (Fsp3) is 0.464. The third-order valence-electron chi connectivity index (χ3n) is 5.54. The number of aryl methyl sites for hydroxylation is 1. The molecule has 0 saturated carbocycles. The van der Waals surface area contributed by atoms with Crippen molar-refractivity contribution in [1.82, 2.24) is 14.7 Å². The zero-order valence-corrected chi connectivity index (χ0v) is 21.9. The second-order valence-electron chi connectivity index (χ2n) is 9.70. The van der Waals surface area contributed by atoms with Crippen LogP contribution in [-0.2, 0) is 22.4 Å². The average molecular weight is 500 g/mol. The molecular formula is C28H38FN3O4. The second-order valence-corrected chi connectivity index (χ2v) is 9.70. The Morgan fingerprint density at radius 2 is 1.86 bits per heavy atom. The molecule has 0 aliphatic rings. The van der Waals surface area contributed by atoms with Gasteiger partial charge in [-0.2, -0.15) is 5.10 Å². The molecule has 196 valence electrons. The molecule has 7 nitrogen and oxygen atoms in total. The first-order valence-corrected chi connectivity index (χ1v) is 12.3. The number of benzene rings is 2. The normalized spacial score (nSPS) is 12.8. The Kier molecular flexibility index (Phi) is 10.0. The van der Waals surface area contributed by atoms with Gasteiger partial charge >= 0.3 is 0 Å². The van der Waals surface area contributed by atoms with E-state index >= 15 is 0 Å². The molecule has 1 unspecified atom stereocenters. The van der Waals surface area contributed by atoms with Crippen LogP contribution in [0.4, 0.5) is 4.39 Å². The summed E-state index contributed by atoms with van der Waals surface area (Å²) >= 11 is 0. The Bertz CT molecular complexity index is 1080. The summed E-state index contributed by atoms with van der Waals surface area (Å²) in [5, 5.41) is 15.6. The molecule has 8 heteroatoms. The summed E-state index contributed by atoms with van der Waals surface area (Å²) in [5.41, 5.74) is 2.25. The number of hydrogen-bond donors (Lipinski definition) is 1. The van der Waals surface area contributed by atoms with Crippen LogP contribution in [0.3, 0.4) is 0 Å². The van der Waals surface area contributed by atoms with Crippen molar-refractivity contribution in [3.8, 4) is 17.3 Å². The van der Waals surface area contributed by atoms with E-state index in [1.807, 2.05) is 58.0 Å². The summed E-state index contributed by atoms with van der Waals surface area (Å²) in [6.45, 7) is 10.1. The first kappa shape index (κ1) is 27.8. The second kappa shape index (κ2) is 13.0. The summed E-state index contributed by atoms with van der Waals surface area (Å²) in [5.74, 6) is 0.531. The maximum Gasteiger partial charge on any atom is 0.227 e. The lowest BCUT2D eigenvalue weighted by atomic mass is 10.1. The molecule has 1 heterocycles. The third-order valence-corrected chi connectivity index (χ3v) is 5.54. The summed E-state index contributed by atoms with van der Waals surface area (Å²) in [6.07, 6.45) is 0.00516. The number of methoxy groups -OCH3 is 1. The van der Waals surface area contributed by atoms with Gasteiger partial charge in [-0.05, 0) is 51.5 Å². The fourth-order valence-electron chi connectivity index (χ4n) is 3.79. The van der Waals surface area contributed by atoms with Gasteiger partial charge in [0.2, 0.25) is 5.88 Å². The van der Waals surface area contributed by atoms with Crippen molar-refractivity contribution in [3.63, 3.8) is 0 Å². The van der Waals surface area contributed by atoms with Gasteiger partial charge in [0.05, 0.1) is 41.9 Å². The van der Waals surface area contributed by atoms with Crippen LogP contribution in [0.15, 0.2) is 54.6 Å². The van der Waals surface area contributed by atoms with E-state index in [0.717, 1.165) is 16.9 Å². The van der Waals surface area contributed by atoms with Gasteiger partial charge in [0.25, 0.3) is 0 Å². The molecule has 0 spiro atoms. The molecule has 2 aromatic carbocycles. The van der Waals surface area contributed by atoms with E-state index in [1.54, 1.807) is 23.9 Å². The van der Waals surface area contributed by atoms with Crippen LogP contribution >= 0.6 is 0 Å². The Morgan fingerprint density at radius 1 is 1.11 bits per heavy atom. The molecule has 0 radical (unpaired) electrons. The standard InChI is InChI=1S/C28H38FN3O4/c1-6-26-25(19-31(15-16-34-5)18-23(33)20-35-28(2,3)4)27(36-24-14-10-11-21(29)17-24)32(30-26)22-12-8-7-9-13-22/h7-14,17,23,33H,6,15-16,18-20H2,1-5H3. The molecule has 1 atom stereocenters. The van der Waals surface area contributed by atoms with Gasteiger partial charge in [-0.25, -0.2) is 9.07 Å². The molecule has 0 saturated heterocycles. The van der Waals surface area contributed by atoms with E-state index in [1.165, 1.54) is 12.1 Å². The molecule has 3 aromatic rings. The van der Waals surface area contributed by atoms with Gasteiger partial charge < -0.3 is 19.3 Å². The first-order valence-electron chi connectivity index (χ1n) is 12.3. The number of nitrogens with zero attached hydrogens (tertiary/aromatic N) is 3. The van der Waals surface area contributed by atoms with E-state index in [2.05, 4.69) is 4.90 Å². The molecule has 36 heavy (non-hydrogen) atoms. The molecule has 3 rings (SSSR count). The predicted molar refractivity (Wildman–Crippen MR) is 138 cm³/mol. The lowest BCUT2D eigenvalue weighted by molar-refractivity contribution is -0.0577. The lowest BCUT2D eigenvalue weighted by Gasteiger charge is -2.27. The number of aliphatic hydroxyl groups excluding tert-OH is 1. The van der Waals surface area contributed by atoms with Crippen molar-refractivity contribution in [2.45, 2.75) is 52.4 Å². The third kappa shape index (κ3) is 8.13.